The summed E-state index contributed by atoms with van der Waals surface area (Å²) in [5, 5.41) is 8.11. The van der Waals surface area contributed by atoms with Crippen molar-refractivity contribution in [1.82, 2.24) is 15.6 Å². The fraction of sp³-hybridized carbons (Fsp3) is 0.636. The van der Waals surface area contributed by atoms with E-state index in [4.69, 9.17) is 0 Å². The normalized spacial score (nSPS) is 11.4. The first-order valence-corrected chi connectivity index (χ1v) is 6.30. The van der Waals surface area contributed by atoms with E-state index >= 15 is 0 Å². The lowest BCUT2D eigenvalue weighted by Crippen LogP contribution is -2.41. The number of hydrogen-bond donors (Lipinski definition) is 2. The summed E-state index contributed by atoms with van der Waals surface area (Å²) in [7, 11) is 0. The molecule has 1 aromatic rings. The second kappa shape index (κ2) is 5.96. The first-order valence-electron chi connectivity index (χ1n) is 5.36. The van der Waals surface area contributed by atoms with E-state index in [2.05, 4.69) is 15.6 Å². The Morgan fingerprint density at radius 2 is 2.25 bits per heavy atom. The quantitative estimate of drug-likeness (QED) is 0.769. The van der Waals surface area contributed by atoms with Crippen molar-refractivity contribution >= 4 is 17.2 Å². The molecule has 0 bridgehead atoms. The minimum Gasteiger partial charge on any atom is -0.351 e. The Kier molecular flexibility index (Phi) is 4.89. The number of rotatable bonds is 5. The summed E-state index contributed by atoms with van der Waals surface area (Å²) in [6, 6.07) is 0. The van der Waals surface area contributed by atoms with Crippen molar-refractivity contribution in [3.63, 3.8) is 0 Å². The maximum atomic E-state index is 11.5. The lowest BCUT2D eigenvalue weighted by atomic mass is 10.1. The number of carbonyl (C=O) groups excluding carboxylic acids is 1. The lowest BCUT2D eigenvalue weighted by molar-refractivity contribution is -0.122. The molecule has 0 aliphatic carbocycles. The Balaban J connectivity index is 2.09. The fourth-order valence-electron chi connectivity index (χ4n) is 1.22. The third kappa shape index (κ3) is 5.82. The van der Waals surface area contributed by atoms with E-state index in [-0.39, 0.29) is 11.4 Å². The van der Waals surface area contributed by atoms with Crippen LogP contribution in [0.25, 0.3) is 0 Å². The van der Waals surface area contributed by atoms with Crippen LogP contribution in [0.3, 0.4) is 0 Å². The predicted molar refractivity (Wildman–Crippen MR) is 66.3 cm³/mol. The topological polar surface area (TPSA) is 54.0 Å². The minimum absolute atomic E-state index is 0.0817. The molecule has 4 nitrogen and oxygen atoms in total. The van der Waals surface area contributed by atoms with Crippen LogP contribution in [0.2, 0.25) is 0 Å². The van der Waals surface area contributed by atoms with E-state index in [1.807, 2.05) is 31.7 Å². The van der Waals surface area contributed by atoms with Crippen molar-refractivity contribution in [2.24, 2.45) is 0 Å². The van der Waals surface area contributed by atoms with Crippen molar-refractivity contribution < 1.29 is 4.79 Å². The molecule has 90 valence electrons. The Bertz CT molecular complexity index is 316. The zero-order chi connectivity index (χ0) is 12.0. The van der Waals surface area contributed by atoms with Gasteiger partial charge in [0.25, 0.3) is 0 Å². The van der Waals surface area contributed by atoms with E-state index in [0.29, 0.717) is 13.0 Å². The van der Waals surface area contributed by atoms with E-state index in [1.54, 1.807) is 11.3 Å². The Morgan fingerprint density at radius 3 is 2.81 bits per heavy atom. The van der Waals surface area contributed by atoms with Crippen LogP contribution >= 0.6 is 11.3 Å². The second-order valence-electron chi connectivity index (χ2n) is 4.70. The van der Waals surface area contributed by atoms with Gasteiger partial charge in [0.1, 0.15) is 0 Å². The summed E-state index contributed by atoms with van der Waals surface area (Å²) < 4.78 is 0. The summed E-state index contributed by atoms with van der Waals surface area (Å²) in [6.45, 7) is 7.35. The number of nitrogens with one attached hydrogen (secondary N) is 2. The second-order valence-corrected chi connectivity index (χ2v) is 5.42. The van der Waals surface area contributed by atoms with Crippen LogP contribution in [0.1, 0.15) is 32.9 Å². The van der Waals surface area contributed by atoms with Gasteiger partial charge in [0, 0.05) is 30.4 Å². The third-order valence-corrected chi connectivity index (χ3v) is 2.47. The molecule has 0 saturated heterocycles. The molecule has 0 aromatic carbocycles. The van der Waals surface area contributed by atoms with E-state index < -0.39 is 0 Å². The number of carbonyl (C=O) groups is 1. The Morgan fingerprint density at radius 1 is 1.50 bits per heavy atom. The van der Waals surface area contributed by atoms with Crippen molar-refractivity contribution in [2.45, 2.75) is 39.3 Å². The number of hydrogen-bond acceptors (Lipinski definition) is 4. The average molecular weight is 241 g/mol. The molecule has 2 N–H and O–H groups in total. The molecule has 0 fully saturated rings. The van der Waals surface area contributed by atoms with Crippen molar-refractivity contribution in [3.05, 3.63) is 16.6 Å². The zero-order valence-electron chi connectivity index (χ0n) is 10.0. The van der Waals surface area contributed by atoms with Crippen molar-refractivity contribution in [3.8, 4) is 0 Å². The first-order chi connectivity index (χ1) is 7.47. The highest BCUT2D eigenvalue weighted by atomic mass is 32.1. The van der Waals surface area contributed by atoms with Gasteiger partial charge in [-0.1, -0.05) is 0 Å². The van der Waals surface area contributed by atoms with Crippen LogP contribution in [0.15, 0.2) is 10.9 Å². The van der Waals surface area contributed by atoms with Crippen LogP contribution in [-0.4, -0.2) is 23.0 Å². The molecule has 0 unspecified atom stereocenters. The molecular weight excluding hydrogens is 222 g/mol. The van der Waals surface area contributed by atoms with Gasteiger partial charge in [-0.15, -0.1) is 11.3 Å². The summed E-state index contributed by atoms with van der Waals surface area (Å²) in [5.41, 5.74) is 2.69. The summed E-state index contributed by atoms with van der Waals surface area (Å²) in [6.07, 6.45) is 0.501. The standard InChI is InChI=1S/C11H19N3OS/c1-11(2,3)14-10(15)4-5-12-6-9-7-16-8-13-9/h7-8,12H,4-6H2,1-3H3,(H,14,15). The fourth-order valence-corrected chi connectivity index (χ4v) is 1.78. The van der Waals surface area contributed by atoms with Gasteiger partial charge in [-0.2, -0.15) is 0 Å². The number of aromatic nitrogens is 1. The molecule has 1 heterocycles. The van der Waals surface area contributed by atoms with Gasteiger partial charge >= 0.3 is 0 Å². The van der Waals surface area contributed by atoms with Crippen molar-refractivity contribution in [1.29, 1.82) is 0 Å². The van der Waals surface area contributed by atoms with Gasteiger partial charge in [0.05, 0.1) is 11.2 Å². The smallest absolute Gasteiger partial charge is 0.221 e. The maximum absolute atomic E-state index is 11.5. The Labute approximate surface area is 100 Å². The van der Waals surface area contributed by atoms with Crippen molar-refractivity contribution in [2.75, 3.05) is 6.54 Å². The van der Waals surface area contributed by atoms with Gasteiger partial charge in [-0.05, 0) is 20.8 Å². The molecule has 0 atom stereocenters. The maximum Gasteiger partial charge on any atom is 0.221 e. The number of thiazole rings is 1. The first kappa shape index (κ1) is 13.1. The highest BCUT2D eigenvalue weighted by molar-refractivity contribution is 7.07. The molecule has 0 saturated carbocycles. The van der Waals surface area contributed by atoms with E-state index in [9.17, 15) is 4.79 Å². The molecule has 0 aliphatic heterocycles. The zero-order valence-corrected chi connectivity index (χ0v) is 10.9. The molecule has 0 aliphatic rings. The van der Waals surface area contributed by atoms with Crippen LogP contribution in [-0.2, 0) is 11.3 Å². The summed E-state index contributed by atoms with van der Waals surface area (Å²) >= 11 is 1.58. The molecule has 1 rings (SSSR count). The largest absolute Gasteiger partial charge is 0.351 e. The van der Waals surface area contributed by atoms with E-state index in [0.717, 1.165) is 12.2 Å². The summed E-state index contributed by atoms with van der Waals surface area (Å²) in [4.78, 5) is 15.6. The monoisotopic (exact) mass is 241 g/mol. The van der Waals surface area contributed by atoms with Gasteiger partial charge in [0.15, 0.2) is 0 Å². The highest BCUT2D eigenvalue weighted by Gasteiger charge is 2.12. The number of nitrogens with zero attached hydrogens (tertiary/aromatic N) is 1. The van der Waals surface area contributed by atoms with Crippen LogP contribution in [0, 0.1) is 0 Å². The van der Waals surface area contributed by atoms with E-state index in [1.165, 1.54) is 0 Å². The predicted octanol–water partition coefficient (Wildman–Crippen LogP) is 1.54. The molecule has 5 heteroatoms. The average Bonchev–Trinajstić information content (AvgIpc) is 2.62. The van der Waals surface area contributed by atoms with Crippen LogP contribution < -0.4 is 10.6 Å². The molecule has 0 radical (unpaired) electrons. The lowest BCUT2D eigenvalue weighted by Gasteiger charge is -2.20. The molecule has 0 spiro atoms. The highest BCUT2D eigenvalue weighted by Crippen LogP contribution is 2.00. The van der Waals surface area contributed by atoms with Crippen LogP contribution in [0.5, 0.6) is 0 Å². The Hall–Kier alpha value is -0.940. The molecule has 1 amide bonds. The van der Waals surface area contributed by atoms with Gasteiger partial charge in [-0.3, -0.25) is 4.79 Å². The number of amides is 1. The summed E-state index contributed by atoms with van der Waals surface area (Å²) in [5.74, 6) is 0.0817. The molecular formula is C11H19N3OS. The van der Waals surface area contributed by atoms with Gasteiger partial charge in [-0.25, -0.2) is 4.98 Å². The third-order valence-electron chi connectivity index (χ3n) is 1.83. The minimum atomic E-state index is -0.147. The van der Waals surface area contributed by atoms with Gasteiger partial charge < -0.3 is 10.6 Å². The molecule has 16 heavy (non-hydrogen) atoms. The van der Waals surface area contributed by atoms with Crippen LogP contribution in [0.4, 0.5) is 0 Å². The SMILES string of the molecule is CC(C)(C)NC(=O)CCNCc1cscn1. The molecule has 1 aromatic heterocycles. The van der Waals surface area contributed by atoms with Gasteiger partial charge in [0.2, 0.25) is 5.91 Å².